The van der Waals surface area contributed by atoms with Crippen molar-refractivity contribution in [1.29, 1.82) is 0 Å². The minimum absolute atomic E-state index is 0.0518. The highest BCUT2D eigenvalue weighted by atomic mass is 32.1. The molecular weight excluding hydrogens is 322 g/mol. The van der Waals surface area contributed by atoms with Gasteiger partial charge in [0, 0.05) is 30.7 Å². The van der Waals surface area contributed by atoms with Crippen molar-refractivity contribution in [3.8, 4) is 5.75 Å². The Kier molecular flexibility index (Phi) is 5.88. The van der Waals surface area contributed by atoms with E-state index in [-0.39, 0.29) is 11.9 Å². The zero-order valence-corrected chi connectivity index (χ0v) is 14.8. The molecule has 2 heterocycles. The Bertz CT molecular complexity index is 650. The largest absolute Gasteiger partial charge is 0.496 e. The van der Waals surface area contributed by atoms with Crippen molar-refractivity contribution in [2.24, 2.45) is 0 Å². The molecule has 0 N–H and O–H groups in total. The normalized spacial score (nSPS) is 15.2. The van der Waals surface area contributed by atoms with Crippen LogP contribution in [-0.2, 0) is 11.2 Å². The molecule has 24 heavy (non-hydrogen) atoms. The second kappa shape index (κ2) is 8.31. The molecule has 1 aromatic heterocycles. The molecule has 0 aliphatic carbocycles. The summed E-state index contributed by atoms with van der Waals surface area (Å²) in [6.07, 6.45) is 2.67. The van der Waals surface area contributed by atoms with Gasteiger partial charge in [0.1, 0.15) is 5.75 Å². The lowest BCUT2D eigenvalue weighted by atomic mass is 10.0. The van der Waals surface area contributed by atoms with Crippen LogP contribution in [0.2, 0.25) is 0 Å². The first kappa shape index (κ1) is 17.0. The van der Waals surface area contributed by atoms with Crippen LogP contribution in [0.5, 0.6) is 5.75 Å². The topological polar surface area (TPSA) is 38.8 Å². The average molecular weight is 345 g/mol. The number of ether oxygens (including phenoxy) is 2. The lowest BCUT2D eigenvalue weighted by Crippen LogP contribution is -2.44. The standard InChI is InChI=1S/C19H23NO3S/c1-22-18-7-3-2-6-17(18)19(21)20(15-9-12-23-13-10-15)11-8-16-5-4-14-24-16/h2-7,14-15H,8-13H2,1H3. The third-order valence-corrected chi connectivity index (χ3v) is 5.35. The van der Waals surface area contributed by atoms with E-state index >= 15 is 0 Å². The van der Waals surface area contributed by atoms with E-state index in [1.165, 1.54) is 4.88 Å². The summed E-state index contributed by atoms with van der Waals surface area (Å²) in [5.74, 6) is 0.687. The van der Waals surface area contributed by atoms with Crippen molar-refractivity contribution >= 4 is 17.2 Å². The van der Waals surface area contributed by atoms with Crippen molar-refractivity contribution in [2.45, 2.75) is 25.3 Å². The van der Waals surface area contributed by atoms with Crippen LogP contribution in [0.15, 0.2) is 41.8 Å². The second-order valence-electron chi connectivity index (χ2n) is 5.87. The van der Waals surface area contributed by atoms with Crippen LogP contribution in [0.1, 0.15) is 28.1 Å². The van der Waals surface area contributed by atoms with Crippen LogP contribution in [0.4, 0.5) is 0 Å². The van der Waals surface area contributed by atoms with E-state index in [4.69, 9.17) is 9.47 Å². The van der Waals surface area contributed by atoms with Gasteiger partial charge in [0.25, 0.3) is 5.91 Å². The summed E-state index contributed by atoms with van der Waals surface area (Å²) in [5, 5.41) is 2.08. The van der Waals surface area contributed by atoms with Gasteiger partial charge in [-0.3, -0.25) is 4.79 Å². The van der Waals surface area contributed by atoms with Crippen molar-refractivity contribution in [3.05, 3.63) is 52.2 Å². The molecule has 0 bridgehead atoms. The van der Waals surface area contributed by atoms with E-state index in [1.54, 1.807) is 18.4 Å². The first-order valence-electron chi connectivity index (χ1n) is 8.33. The number of rotatable bonds is 6. The highest BCUT2D eigenvalue weighted by Crippen LogP contribution is 2.24. The maximum Gasteiger partial charge on any atom is 0.257 e. The van der Waals surface area contributed by atoms with E-state index < -0.39 is 0 Å². The summed E-state index contributed by atoms with van der Waals surface area (Å²) in [5.41, 5.74) is 0.637. The minimum atomic E-state index is 0.0518. The molecule has 0 saturated carbocycles. The van der Waals surface area contributed by atoms with Gasteiger partial charge in [-0.2, -0.15) is 0 Å². The fourth-order valence-electron chi connectivity index (χ4n) is 3.11. The third kappa shape index (κ3) is 3.97. The molecule has 5 heteroatoms. The van der Waals surface area contributed by atoms with Gasteiger partial charge in [-0.1, -0.05) is 18.2 Å². The van der Waals surface area contributed by atoms with Gasteiger partial charge >= 0.3 is 0 Å². The van der Waals surface area contributed by atoms with Gasteiger partial charge in [-0.15, -0.1) is 11.3 Å². The van der Waals surface area contributed by atoms with Crippen LogP contribution >= 0.6 is 11.3 Å². The number of amides is 1. The van der Waals surface area contributed by atoms with E-state index in [0.29, 0.717) is 11.3 Å². The zero-order valence-electron chi connectivity index (χ0n) is 13.9. The number of thiophene rings is 1. The molecule has 0 unspecified atom stereocenters. The summed E-state index contributed by atoms with van der Waals surface area (Å²) >= 11 is 1.74. The smallest absolute Gasteiger partial charge is 0.257 e. The first-order valence-corrected chi connectivity index (χ1v) is 9.21. The van der Waals surface area contributed by atoms with Crippen LogP contribution in [-0.4, -0.2) is 43.7 Å². The summed E-state index contributed by atoms with van der Waals surface area (Å²) < 4.78 is 10.9. The SMILES string of the molecule is COc1ccccc1C(=O)N(CCc1cccs1)C1CCOCC1. The highest BCUT2D eigenvalue weighted by Gasteiger charge is 2.28. The van der Waals surface area contributed by atoms with Crippen molar-refractivity contribution in [1.82, 2.24) is 4.90 Å². The van der Waals surface area contributed by atoms with Gasteiger partial charge < -0.3 is 14.4 Å². The van der Waals surface area contributed by atoms with E-state index in [0.717, 1.165) is 39.0 Å². The molecule has 1 amide bonds. The van der Waals surface area contributed by atoms with E-state index in [2.05, 4.69) is 17.5 Å². The Balaban J connectivity index is 1.80. The van der Waals surface area contributed by atoms with Crippen LogP contribution in [0.25, 0.3) is 0 Å². The molecule has 1 aliphatic heterocycles. The van der Waals surface area contributed by atoms with Crippen LogP contribution in [0, 0.1) is 0 Å². The number of carbonyl (C=O) groups excluding carboxylic acids is 1. The zero-order chi connectivity index (χ0) is 16.8. The second-order valence-corrected chi connectivity index (χ2v) is 6.90. The molecule has 1 fully saturated rings. The number of methoxy groups -OCH3 is 1. The van der Waals surface area contributed by atoms with Gasteiger partial charge in [-0.25, -0.2) is 0 Å². The summed E-state index contributed by atoms with van der Waals surface area (Å²) in [4.78, 5) is 16.5. The number of hydrogen-bond acceptors (Lipinski definition) is 4. The van der Waals surface area contributed by atoms with Crippen LogP contribution < -0.4 is 4.74 Å². The molecule has 0 spiro atoms. The quantitative estimate of drug-likeness (QED) is 0.803. The lowest BCUT2D eigenvalue weighted by molar-refractivity contribution is 0.0292. The third-order valence-electron chi connectivity index (χ3n) is 4.41. The molecule has 1 aromatic carbocycles. The average Bonchev–Trinajstić information content (AvgIpc) is 3.16. The summed E-state index contributed by atoms with van der Waals surface area (Å²) in [6.45, 7) is 2.17. The molecule has 4 nitrogen and oxygen atoms in total. The van der Waals surface area contributed by atoms with Gasteiger partial charge in [0.05, 0.1) is 12.7 Å². The van der Waals surface area contributed by atoms with Crippen molar-refractivity contribution < 1.29 is 14.3 Å². The maximum atomic E-state index is 13.2. The predicted octanol–water partition coefficient (Wildman–Crippen LogP) is 3.62. The van der Waals surface area contributed by atoms with Gasteiger partial charge in [-0.05, 0) is 42.8 Å². The predicted molar refractivity (Wildman–Crippen MR) is 95.9 cm³/mol. The fraction of sp³-hybridized carbons (Fsp3) is 0.421. The number of benzene rings is 1. The molecule has 128 valence electrons. The Morgan fingerprint density at radius 2 is 2.04 bits per heavy atom. The fourth-order valence-corrected chi connectivity index (χ4v) is 3.81. The maximum absolute atomic E-state index is 13.2. The van der Waals surface area contributed by atoms with Gasteiger partial charge in [0.2, 0.25) is 0 Å². The highest BCUT2D eigenvalue weighted by molar-refractivity contribution is 7.09. The Morgan fingerprint density at radius 3 is 2.75 bits per heavy atom. The van der Waals surface area contributed by atoms with E-state index in [9.17, 15) is 4.79 Å². The summed E-state index contributed by atoms with van der Waals surface area (Å²) in [6, 6.07) is 11.9. The Hall–Kier alpha value is -1.85. The molecular formula is C19H23NO3S. The first-order chi connectivity index (χ1) is 11.8. The van der Waals surface area contributed by atoms with E-state index in [1.807, 2.05) is 29.2 Å². The van der Waals surface area contributed by atoms with Crippen molar-refractivity contribution in [2.75, 3.05) is 26.9 Å². The monoisotopic (exact) mass is 345 g/mol. The minimum Gasteiger partial charge on any atom is -0.496 e. The number of carbonyl (C=O) groups is 1. The molecule has 0 atom stereocenters. The molecule has 1 aliphatic rings. The lowest BCUT2D eigenvalue weighted by Gasteiger charge is -2.34. The Morgan fingerprint density at radius 1 is 1.25 bits per heavy atom. The number of para-hydroxylation sites is 1. The summed E-state index contributed by atoms with van der Waals surface area (Å²) in [7, 11) is 1.61. The van der Waals surface area contributed by atoms with Crippen molar-refractivity contribution in [3.63, 3.8) is 0 Å². The number of nitrogens with zero attached hydrogens (tertiary/aromatic N) is 1. The van der Waals surface area contributed by atoms with Gasteiger partial charge in [0.15, 0.2) is 0 Å². The molecule has 3 rings (SSSR count). The Labute approximate surface area is 147 Å². The molecule has 0 radical (unpaired) electrons. The van der Waals surface area contributed by atoms with Crippen LogP contribution in [0.3, 0.4) is 0 Å². The molecule has 2 aromatic rings. The molecule has 1 saturated heterocycles. The number of hydrogen-bond donors (Lipinski definition) is 0.